The molecule has 0 N–H and O–H groups in total. The first-order chi connectivity index (χ1) is 10.8. The smallest absolute Gasteiger partial charge is 0.255 e. The van der Waals surface area contributed by atoms with Crippen LogP contribution in [0.2, 0.25) is 0 Å². The number of carbonyl (C=O) groups is 1. The maximum atomic E-state index is 12.7. The Bertz CT molecular complexity index is 523. The third-order valence-electron chi connectivity index (χ3n) is 4.32. The fourth-order valence-electron chi connectivity index (χ4n) is 3.34. The second-order valence-electron chi connectivity index (χ2n) is 5.77. The van der Waals surface area contributed by atoms with Gasteiger partial charge in [-0.3, -0.25) is 4.79 Å². The molecule has 2 fully saturated rings. The minimum atomic E-state index is 0.0147. The SMILES string of the molecule is C=CCOCC1CC2OCCN(C(=O)c3ccnnc3)C2C1. The summed E-state index contributed by atoms with van der Waals surface area (Å²) in [6, 6.07) is 1.84. The minimum absolute atomic E-state index is 0.0147. The Labute approximate surface area is 130 Å². The number of carbonyl (C=O) groups excluding carboxylic acids is 1. The Hall–Kier alpha value is -1.79. The van der Waals surface area contributed by atoms with E-state index in [-0.39, 0.29) is 18.1 Å². The highest BCUT2D eigenvalue weighted by molar-refractivity contribution is 5.94. The molecule has 3 unspecified atom stereocenters. The number of nitrogens with zero attached hydrogens (tertiary/aromatic N) is 3. The molecular formula is C16H21N3O3. The van der Waals surface area contributed by atoms with Crippen molar-refractivity contribution in [3.63, 3.8) is 0 Å². The summed E-state index contributed by atoms with van der Waals surface area (Å²) in [5, 5.41) is 7.52. The van der Waals surface area contributed by atoms with Gasteiger partial charge >= 0.3 is 0 Å². The topological polar surface area (TPSA) is 64.6 Å². The number of aromatic nitrogens is 2. The molecule has 2 heterocycles. The van der Waals surface area contributed by atoms with Crippen LogP contribution in [0, 0.1) is 5.92 Å². The average molecular weight is 303 g/mol. The van der Waals surface area contributed by atoms with Crippen LogP contribution in [0.5, 0.6) is 0 Å². The van der Waals surface area contributed by atoms with Crippen LogP contribution in [-0.4, -0.2) is 59.5 Å². The normalized spacial score (nSPS) is 27.5. The molecule has 3 atom stereocenters. The first-order valence-corrected chi connectivity index (χ1v) is 7.67. The van der Waals surface area contributed by atoms with E-state index >= 15 is 0 Å². The Morgan fingerprint density at radius 1 is 1.50 bits per heavy atom. The quantitative estimate of drug-likeness (QED) is 0.606. The maximum absolute atomic E-state index is 12.7. The molecule has 3 rings (SSSR count). The van der Waals surface area contributed by atoms with Gasteiger partial charge in [-0.05, 0) is 24.8 Å². The molecule has 0 aromatic carbocycles. The van der Waals surface area contributed by atoms with Crippen molar-refractivity contribution in [3.8, 4) is 0 Å². The van der Waals surface area contributed by atoms with Gasteiger partial charge < -0.3 is 14.4 Å². The molecule has 22 heavy (non-hydrogen) atoms. The van der Waals surface area contributed by atoms with Crippen LogP contribution in [-0.2, 0) is 9.47 Å². The van der Waals surface area contributed by atoms with E-state index in [1.165, 1.54) is 6.20 Å². The van der Waals surface area contributed by atoms with Gasteiger partial charge in [-0.15, -0.1) is 6.58 Å². The highest BCUT2D eigenvalue weighted by Gasteiger charge is 2.43. The molecule has 1 aliphatic heterocycles. The predicted molar refractivity (Wildman–Crippen MR) is 80.3 cm³/mol. The summed E-state index contributed by atoms with van der Waals surface area (Å²) in [7, 11) is 0. The van der Waals surface area contributed by atoms with Crippen LogP contribution >= 0.6 is 0 Å². The van der Waals surface area contributed by atoms with Crippen molar-refractivity contribution in [3.05, 3.63) is 36.7 Å². The van der Waals surface area contributed by atoms with Crippen LogP contribution in [0.1, 0.15) is 23.2 Å². The van der Waals surface area contributed by atoms with E-state index < -0.39 is 0 Å². The molecule has 1 aromatic heterocycles. The van der Waals surface area contributed by atoms with Crippen LogP contribution in [0.25, 0.3) is 0 Å². The lowest BCUT2D eigenvalue weighted by Crippen LogP contribution is -2.51. The van der Waals surface area contributed by atoms with E-state index in [1.807, 2.05) is 4.90 Å². The van der Waals surface area contributed by atoms with Crippen LogP contribution in [0.15, 0.2) is 31.1 Å². The van der Waals surface area contributed by atoms with Crippen LogP contribution in [0.3, 0.4) is 0 Å². The lowest BCUT2D eigenvalue weighted by molar-refractivity contribution is -0.0449. The van der Waals surface area contributed by atoms with Gasteiger partial charge in [0.05, 0.1) is 43.3 Å². The number of fused-ring (bicyclic) bond motifs is 1. The Morgan fingerprint density at radius 3 is 3.18 bits per heavy atom. The maximum Gasteiger partial charge on any atom is 0.255 e. The summed E-state index contributed by atoms with van der Waals surface area (Å²) in [5.74, 6) is 0.444. The monoisotopic (exact) mass is 303 g/mol. The summed E-state index contributed by atoms with van der Waals surface area (Å²) in [6.07, 6.45) is 6.81. The molecule has 1 saturated heterocycles. The molecule has 0 radical (unpaired) electrons. The average Bonchev–Trinajstić information content (AvgIpc) is 2.98. The van der Waals surface area contributed by atoms with Gasteiger partial charge in [-0.2, -0.15) is 10.2 Å². The predicted octanol–water partition coefficient (Wildman–Crippen LogP) is 1.30. The van der Waals surface area contributed by atoms with Crippen molar-refractivity contribution in [2.24, 2.45) is 5.92 Å². The molecule has 6 nitrogen and oxygen atoms in total. The number of hydrogen-bond acceptors (Lipinski definition) is 5. The summed E-state index contributed by atoms with van der Waals surface area (Å²) >= 11 is 0. The van der Waals surface area contributed by atoms with E-state index in [4.69, 9.17) is 9.47 Å². The summed E-state index contributed by atoms with van der Waals surface area (Å²) in [6.45, 7) is 6.13. The molecule has 1 aliphatic carbocycles. The first-order valence-electron chi connectivity index (χ1n) is 7.67. The summed E-state index contributed by atoms with van der Waals surface area (Å²) in [4.78, 5) is 14.6. The van der Waals surface area contributed by atoms with E-state index in [0.717, 1.165) is 12.8 Å². The van der Waals surface area contributed by atoms with Gasteiger partial charge in [0.1, 0.15) is 0 Å². The van der Waals surface area contributed by atoms with Crippen LogP contribution < -0.4 is 0 Å². The van der Waals surface area contributed by atoms with Gasteiger partial charge in [0.15, 0.2) is 0 Å². The molecule has 1 amide bonds. The van der Waals surface area contributed by atoms with Crippen molar-refractivity contribution >= 4 is 5.91 Å². The van der Waals surface area contributed by atoms with E-state index in [1.54, 1.807) is 18.3 Å². The van der Waals surface area contributed by atoms with Crippen LogP contribution in [0.4, 0.5) is 0 Å². The number of morpholine rings is 1. The highest BCUT2D eigenvalue weighted by Crippen LogP contribution is 2.35. The minimum Gasteiger partial charge on any atom is -0.377 e. The molecule has 2 aliphatic rings. The summed E-state index contributed by atoms with van der Waals surface area (Å²) < 4.78 is 11.4. The zero-order chi connectivity index (χ0) is 15.4. The van der Waals surface area contributed by atoms with Crippen molar-refractivity contribution < 1.29 is 14.3 Å². The lowest BCUT2D eigenvalue weighted by Gasteiger charge is -2.37. The van der Waals surface area contributed by atoms with Gasteiger partial charge in [0.2, 0.25) is 0 Å². The first kappa shape index (κ1) is 15.1. The molecule has 118 valence electrons. The summed E-state index contributed by atoms with van der Waals surface area (Å²) in [5.41, 5.74) is 0.585. The number of hydrogen-bond donors (Lipinski definition) is 0. The molecule has 0 spiro atoms. The number of ether oxygens (including phenoxy) is 2. The third-order valence-corrected chi connectivity index (χ3v) is 4.32. The highest BCUT2D eigenvalue weighted by atomic mass is 16.5. The second kappa shape index (κ2) is 6.98. The van der Waals surface area contributed by atoms with Crippen molar-refractivity contribution in [1.29, 1.82) is 0 Å². The Balaban J connectivity index is 1.66. The van der Waals surface area contributed by atoms with Gasteiger partial charge in [0, 0.05) is 13.2 Å². The van der Waals surface area contributed by atoms with E-state index in [9.17, 15) is 4.79 Å². The van der Waals surface area contributed by atoms with Gasteiger partial charge in [-0.1, -0.05) is 6.08 Å². The number of rotatable bonds is 5. The van der Waals surface area contributed by atoms with Crippen molar-refractivity contribution in [2.45, 2.75) is 25.0 Å². The molecular weight excluding hydrogens is 282 g/mol. The molecule has 6 heteroatoms. The zero-order valence-corrected chi connectivity index (χ0v) is 12.6. The Morgan fingerprint density at radius 2 is 2.41 bits per heavy atom. The second-order valence-corrected chi connectivity index (χ2v) is 5.77. The van der Waals surface area contributed by atoms with E-state index in [0.29, 0.717) is 37.8 Å². The van der Waals surface area contributed by atoms with Crippen molar-refractivity contribution in [2.75, 3.05) is 26.4 Å². The standard InChI is InChI=1S/C16H21N3O3/c1-2-6-21-11-12-8-14-15(9-12)22-7-5-19(14)16(20)13-3-4-17-18-10-13/h2-4,10,12,14-15H,1,5-9,11H2. The Kier molecular flexibility index (Phi) is 4.80. The van der Waals surface area contributed by atoms with Gasteiger partial charge in [0.25, 0.3) is 5.91 Å². The molecule has 0 bridgehead atoms. The fraction of sp³-hybridized carbons (Fsp3) is 0.562. The van der Waals surface area contributed by atoms with Crippen molar-refractivity contribution in [1.82, 2.24) is 15.1 Å². The fourth-order valence-corrected chi connectivity index (χ4v) is 3.34. The lowest BCUT2D eigenvalue weighted by atomic mass is 10.1. The van der Waals surface area contributed by atoms with Gasteiger partial charge in [-0.25, -0.2) is 0 Å². The molecule has 1 saturated carbocycles. The molecule has 1 aromatic rings. The number of amides is 1. The largest absolute Gasteiger partial charge is 0.377 e. The zero-order valence-electron chi connectivity index (χ0n) is 12.6. The van der Waals surface area contributed by atoms with E-state index in [2.05, 4.69) is 16.8 Å². The third kappa shape index (κ3) is 3.18.